The molecule has 0 saturated carbocycles. The average Bonchev–Trinajstić information content (AvgIpc) is 2.78. The number of halogens is 6. The summed E-state index contributed by atoms with van der Waals surface area (Å²) in [6.45, 7) is 2.33. The van der Waals surface area contributed by atoms with Gasteiger partial charge in [-0.05, 0) is 74.8 Å². The highest BCUT2D eigenvalue weighted by Gasteiger charge is 2.37. The first-order chi connectivity index (χ1) is 16.8. The van der Waals surface area contributed by atoms with Crippen LogP contribution in [0.2, 0.25) is 0 Å². The maximum atomic E-state index is 13.2. The number of aryl methyl sites for hydroxylation is 2. The van der Waals surface area contributed by atoms with E-state index in [1.54, 1.807) is 0 Å². The normalized spacial score (nSPS) is 20.3. The second-order valence-electron chi connectivity index (χ2n) is 9.70. The zero-order valence-electron chi connectivity index (χ0n) is 20.1. The Bertz CT molecular complexity index is 1000. The van der Waals surface area contributed by atoms with Crippen molar-refractivity contribution in [3.05, 3.63) is 70.8 Å². The lowest BCUT2D eigenvalue weighted by atomic mass is 9.83. The molecule has 3 nitrogen and oxygen atoms in total. The summed E-state index contributed by atoms with van der Waals surface area (Å²) < 4.78 is 78.8. The third-order valence-corrected chi connectivity index (χ3v) is 6.92. The number of carboxylic acid groups (broad SMARTS) is 1. The SMILES string of the molecule is Cc1cccc(CC[C@H](CCC(F)(F)F)N2CCC(CC(=O)O)C[C@H]2c2ccc(C(F)(F)F)cc2)c1. The minimum Gasteiger partial charge on any atom is -0.481 e. The predicted molar refractivity (Wildman–Crippen MR) is 124 cm³/mol. The van der Waals surface area contributed by atoms with Gasteiger partial charge in [0.15, 0.2) is 0 Å². The van der Waals surface area contributed by atoms with E-state index in [2.05, 4.69) is 0 Å². The maximum absolute atomic E-state index is 13.2. The highest BCUT2D eigenvalue weighted by Crippen LogP contribution is 2.40. The molecule has 1 heterocycles. The summed E-state index contributed by atoms with van der Waals surface area (Å²) in [5, 5.41) is 9.27. The Hall–Kier alpha value is -2.55. The second kappa shape index (κ2) is 11.7. The van der Waals surface area contributed by atoms with E-state index in [1.807, 2.05) is 36.1 Å². The van der Waals surface area contributed by atoms with Crippen molar-refractivity contribution in [3.63, 3.8) is 0 Å². The first-order valence-electron chi connectivity index (χ1n) is 12.1. The van der Waals surface area contributed by atoms with Gasteiger partial charge in [0.2, 0.25) is 0 Å². The number of likely N-dealkylation sites (tertiary alicyclic amines) is 1. The van der Waals surface area contributed by atoms with Gasteiger partial charge in [-0.1, -0.05) is 42.0 Å². The monoisotopic (exact) mass is 515 g/mol. The summed E-state index contributed by atoms with van der Waals surface area (Å²) in [4.78, 5) is 13.3. The van der Waals surface area contributed by atoms with Gasteiger partial charge in [-0.3, -0.25) is 9.69 Å². The van der Waals surface area contributed by atoms with Crippen LogP contribution in [-0.2, 0) is 17.4 Å². The number of hydrogen-bond donors (Lipinski definition) is 1. The van der Waals surface area contributed by atoms with Crippen molar-refractivity contribution < 1.29 is 36.2 Å². The zero-order chi connectivity index (χ0) is 26.5. The van der Waals surface area contributed by atoms with E-state index in [0.29, 0.717) is 37.8 Å². The van der Waals surface area contributed by atoms with Gasteiger partial charge >= 0.3 is 18.3 Å². The Morgan fingerprint density at radius 2 is 1.75 bits per heavy atom. The van der Waals surface area contributed by atoms with Crippen LogP contribution in [-0.4, -0.2) is 34.7 Å². The number of piperidine rings is 1. The van der Waals surface area contributed by atoms with Gasteiger partial charge in [0.1, 0.15) is 0 Å². The van der Waals surface area contributed by atoms with Gasteiger partial charge in [0, 0.05) is 24.9 Å². The molecule has 2 aromatic rings. The molecule has 2 aromatic carbocycles. The molecule has 0 amide bonds. The summed E-state index contributed by atoms with van der Waals surface area (Å²) in [5.74, 6) is -1.17. The van der Waals surface area contributed by atoms with E-state index in [9.17, 15) is 36.2 Å². The number of hydrogen-bond acceptors (Lipinski definition) is 2. The van der Waals surface area contributed by atoms with Crippen LogP contribution in [0.3, 0.4) is 0 Å². The van der Waals surface area contributed by atoms with Gasteiger partial charge in [-0.25, -0.2) is 0 Å². The lowest BCUT2D eigenvalue weighted by Crippen LogP contribution is -2.44. The Balaban J connectivity index is 1.89. The van der Waals surface area contributed by atoms with Crippen molar-refractivity contribution in [1.82, 2.24) is 4.90 Å². The largest absolute Gasteiger partial charge is 0.481 e. The zero-order valence-corrected chi connectivity index (χ0v) is 20.1. The quantitative estimate of drug-likeness (QED) is 0.350. The Kier molecular flexibility index (Phi) is 9.08. The van der Waals surface area contributed by atoms with Crippen LogP contribution in [0.5, 0.6) is 0 Å². The fraction of sp³-hybridized carbons (Fsp3) is 0.519. The fourth-order valence-corrected chi connectivity index (χ4v) is 5.15. The summed E-state index contributed by atoms with van der Waals surface area (Å²) in [5.41, 5.74) is 1.82. The number of nitrogens with zero attached hydrogens (tertiary/aromatic N) is 1. The Morgan fingerprint density at radius 1 is 1.06 bits per heavy atom. The summed E-state index contributed by atoms with van der Waals surface area (Å²) in [7, 11) is 0. The second-order valence-corrected chi connectivity index (χ2v) is 9.70. The van der Waals surface area contributed by atoms with E-state index in [0.717, 1.165) is 23.3 Å². The van der Waals surface area contributed by atoms with E-state index in [-0.39, 0.29) is 18.8 Å². The van der Waals surface area contributed by atoms with Gasteiger partial charge in [-0.15, -0.1) is 0 Å². The highest BCUT2D eigenvalue weighted by molar-refractivity contribution is 5.67. The van der Waals surface area contributed by atoms with Gasteiger partial charge in [0.05, 0.1) is 5.56 Å². The molecule has 0 bridgehead atoms. The predicted octanol–water partition coefficient (Wildman–Crippen LogP) is 7.59. The third kappa shape index (κ3) is 8.25. The molecule has 198 valence electrons. The molecule has 0 radical (unpaired) electrons. The van der Waals surface area contributed by atoms with Gasteiger partial charge in [0.25, 0.3) is 0 Å². The van der Waals surface area contributed by atoms with Crippen molar-refractivity contribution in [3.8, 4) is 0 Å². The van der Waals surface area contributed by atoms with Crippen molar-refractivity contribution in [2.45, 2.75) is 76.3 Å². The average molecular weight is 516 g/mol. The van der Waals surface area contributed by atoms with E-state index in [1.165, 1.54) is 12.1 Å². The van der Waals surface area contributed by atoms with Gasteiger partial charge < -0.3 is 5.11 Å². The van der Waals surface area contributed by atoms with Crippen LogP contribution in [0, 0.1) is 12.8 Å². The molecular formula is C27H31F6NO2. The molecule has 3 rings (SSSR count). The van der Waals surface area contributed by atoms with Crippen molar-refractivity contribution in [1.29, 1.82) is 0 Å². The smallest absolute Gasteiger partial charge is 0.416 e. The van der Waals surface area contributed by atoms with Crippen molar-refractivity contribution in [2.75, 3.05) is 6.54 Å². The van der Waals surface area contributed by atoms with E-state index < -0.39 is 42.4 Å². The third-order valence-electron chi connectivity index (χ3n) is 6.92. The topological polar surface area (TPSA) is 40.5 Å². The van der Waals surface area contributed by atoms with Crippen molar-refractivity contribution >= 4 is 5.97 Å². The molecule has 0 aromatic heterocycles. The molecule has 1 N–H and O–H groups in total. The number of alkyl halides is 6. The minimum atomic E-state index is -4.50. The molecule has 0 spiro atoms. The number of rotatable bonds is 9. The Morgan fingerprint density at radius 3 is 2.33 bits per heavy atom. The molecule has 1 aliphatic heterocycles. The fourth-order valence-electron chi connectivity index (χ4n) is 5.15. The molecule has 36 heavy (non-hydrogen) atoms. The van der Waals surface area contributed by atoms with E-state index >= 15 is 0 Å². The standard InChI is InChI=1S/C27H31F6NO2/c1-18-3-2-4-19(15-18)5-10-23(11-13-26(28,29)30)34-14-12-20(17-25(35)36)16-24(34)21-6-8-22(9-7-21)27(31,32)33/h2-4,6-9,15,20,23-24H,5,10-14,16-17H2,1H3,(H,35,36)/t20?,23-,24+/m1/s1. The van der Waals surface area contributed by atoms with Crippen LogP contribution < -0.4 is 0 Å². The van der Waals surface area contributed by atoms with E-state index in [4.69, 9.17) is 0 Å². The van der Waals surface area contributed by atoms with Gasteiger partial charge in [-0.2, -0.15) is 26.3 Å². The molecular weight excluding hydrogens is 484 g/mol. The minimum absolute atomic E-state index is 0.0819. The Labute approximate surface area is 207 Å². The molecule has 1 aliphatic rings. The summed E-state index contributed by atoms with van der Waals surface area (Å²) >= 11 is 0. The maximum Gasteiger partial charge on any atom is 0.416 e. The molecule has 1 unspecified atom stereocenters. The molecule has 0 aliphatic carbocycles. The summed E-state index contributed by atoms with van der Waals surface area (Å²) in [6.07, 6.45) is -8.09. The number of benzene rings is 2. The molecule has 9 heteroatoms. The molecule has 1 saturated heterocycles. The highest BCUT2D eigenvalue weighted by atomic mass is 19.4. The van der Waals surface area contributed by atoms with Crippen LogP contribution in [0.1, 0.15) is 66.8 Å². The number of carbonyl (C=O) groups is 1. The van der Waals surface area contributed by atoms with Crippen LogP contribution in [0.15, 0.2) is 48.5 Å². The number of carboxylic acids is 1. The van der Waals surface area contributed by atoms with Crippen molar-refractivity contribution in [2.24, 2.45) is 5.92 Å². The number of aliphatic carboxylic acids is 1. The van der Waals surface area contributed by atoms with Crippen LogP contribution in [0.25, 0.3) is 0 Å². The molecule has 1 fully saturated rings. The summed E-state index contributed by atoms with van der Waals surface area (Å²) in [6, 6.07) is 11.5. The first kappa shape index (κ1) is 28.0. The van der Waals surface area contributed by atoms with Crippen LogP contribution in [0.4, 0.5) is 26.3 Å². The first-order valence-corrected chi connectivity index (χ1v) is 12.1. The van der Waals surface area contributed by atoms with Crippen LogP contribution >= 0.6 is 0 Å². The lowest BCUT2D eigenvalue weighted by Gasteiger charge is -2.44. The molecule has 3 atom stereocenters. The lowest BCUT2D eigenvalue weighted by molar-refractivity contribution is -0.141.